The molecule has 3 heterocycles. The fraction of sp³-hybridized carbons (Fsp3) is 0.438. The van der Waals surface area contributed by atoms with Crippen LogP contribution < -0.4 is 5.56 Å². The summed E-state index contributed by atoms with van der Waals surface area (Å²) in [7, 11) is 1.53. The Kier molecular flexibility index (Phi) is 4.58. The lowest BCUT2D eigenvalue weighted by Gasteiger charge is -2.33. The van der Waals surface area contributed by atoms with Crippen LogP contribution in [-0.4, -0.2) is 38.8 Å². The van der Waals surface area contributed by atoms with Crippen LogP contribution in [0, 0.1) is 5.92 Å². The number of hydrogen-bond donors (Lipinski definition) is 1. The van der Waals surface area contributed by atoms with Crippen molar-refractivity contribution in [1.82, 2.24) is 14.7 Å². The number of aromatic nitrogens is 2. The minimum atomic E-state index is -0.456. The smallest absolute Gasteiger partial charge is 0.274 e. The van der Waals surface area contributed by atoms with Gasteiger partial charge in [-0.15, -0.1) is 11.3 Å². The van der Waals surface area contributed by atoms with Crippen LogP contribution in [0.1, 0.15) is 34.3 Å². The second kappa shape index (κ2) is 6.64. The molecule has 2 aromatic rings. The van der Waals surface area contributed by atoms with Gasteiger partial charge in [0.2, 0.25) is 0 Å². The number of aryl methyl sites for hydroxylation is 1. The first-order valence-electron chi connectivity index (χ1n) is 7.61. The van der Waals surface area contributed by atoms with Gasteiger partial charge in [-0.1, -0.05) is 6.07 Å². The highest BCUT2D eigenvalue weighted by Gasteiger charge is 2.29. The maximum absolute atomic E-state index is 12.5. The average Bonchev–Trinajstić information content (AvgIpc) is 3.11. The van der Waals surface area contributed by atoms with Gasteiger partial charge in [-0.2, -0.15) is 5.10 Å². The molecule has 6 nitrogen and oxygen atoms in total. The van der Waals surface area contributed by atoms with Crippen LogP contribution in [0.3, 0.4) is 0 Å². The van der Waals surface area contributed by atoms with Crippen molar-refractivity contribution in [3.05, 3.63) is 50.6 Å². The summed E-state index contributed by atoms with van der Waals surface area (Å²) >= 11 is 1.56. The number of rotatable bonds is 3. The molecular formula is C16H19N3O3S. The Morgan fingerprint density at radius 2 is 2.09 bits per heavy atom. The molecule has 122 valence electrons. The third-order valence-electron chi connectivity index (χ3n) is 4.29. The predicted molar refractivity (Wildman–Crippen MR) is 87.4 cm³/mol. The molecule has 1 N–H and O–H groups in total. The number of piperidine rings is 1. The topological polar surface area (TPSA) is 75.4 Å². The Balaban J connectivity index is 1.63. The van der Waals surface area contributed by atoms with E-state index in [9.17, 15) is 14.7 Å². The number of nitrogens with zero attached hydrogens (tertiary/aromatic N) is 3. The van der Waals surface area contributed by atoms with E-state index in [1.165, 1.54) is 23.9 Å². The monoisotopic (exact) mass is 333 g/mol. The summed E-state index contributed by atoms with van der Waals surface area (Å²) in [6, 6.07) is 6.71. The van der Waals surface area contributed by atoms with Crippen molar-refractivity contribution < 1.29 is 9.90 Å². The number of aliphatic hydroxyl groups is 1. The average molecular weight is 333 g/mol. The molecule has 1 amide bonds. The number of hydrogen-bond acceptors (Lipinski definition) is 5. The Morgan fingerprint density at radius 3 is 2.70 bits per heavy atom. The van der Waals surface area contributed by atoms with E-state index in [0.717, 1.165) is 17.7 Å². The zero-order valence-corrected chi connectivity index (χ0v) is 13.7. The lowest BCUT2D eigenvalue weighted by atomic mass is 9.90. The molecule has 1 saturated heterocycles. The quantitative estimate of drug-likeness (QED) is 0.922. The van der Waals surface area contributed by atoms with Crippen LogP contribution in [0.15, 0.2) is 34.4 Å². The summed E-state index contributed by atoms with van der Waals surface area (Å²) < 4.78 is 1.17. The molecule has 1 aliphatic heterocycles. The van der Waals surface area contributed by atoms with Crippen molar-refractivity contribution in [3.8, 4) is 0 Å². The fourth-order valence-corrected chi connectivity index (χ4v) is 3.69. The van der Waals surface area contributed by atoms with Gasteiger partial charge in [0, 0.05) is 31.1 Å². The third kappa shape index (κ3) is 3.35. The van der Waals surface area contributed by atoms with Crippen molar-refractivity contribution >= 4 is 17.2 Å². The predicted octanol–water partition coefficient (Wildman–Crippen LogP) is 1.43. The van der Waals surface area contributed by atoms with E-state index in [0.29, 0.717) is 13.1 Å². The Morgan fingerprint density at radius 1 is 1.35 bits per heavy atom. The standard InChI is InChI=1S/C16H19N3O3S/c1-18-14(20)5-4-12(17-18)16(22)19-8-6-11(7-9-19)15(21)13-3-2-10-23-13/h2-5,10-11,15,21H,6-9H2,1H3. The first-order chi connectivity index (χ1) is 11.1. The van der Waals surface area contributed by atoms with Crippen LogP contribution in [0.25, 0.3) is 0 Å². The molecular weight excluding hydrogens is 314 g/mol. The first kappa shape index (κ1) is 15.9. The van der Waals surface area contributed by atoms with Gasteiger partial charge in [-0.25, -0.2) is 4.68 Å². The summed E-state index contributed by atoms with van der Waals surface area (Å²) in [5, 5.41) is 16.4. The van der Waals surface area contributed by atoms with Gasteiger partial charge in [0.25, 0.3) is 11.5 Å². The highest BCUT2D eigenvalue weighted by molar-refractivity contribution is 7.10. The van der Waals surface area contributed by atoms with E-state index in [1.54, 1.807) is 16.2 Å². The summed E-state index contributed by atoms with van der Waals surface area (Å²) in [6.45, 7) is 1.19. The van der Waals surface area contributed by atoms with Gasteiger partial charge in [-0.3, -0.25) is 9.59 Å². The van der Waals surface area contributed by atoms with Crippen LogP contribution >= 0.6 is 11.3 Å². The zero-order chi connectivity index (χ0) is 16.4. The Labute approximate surface area is 138 Å². The second-order valence-corrected chi connectivity index (χ2v) is 6.75. The second-order valence-electron chi connectivity index (χ2n) is 5.77. The molecule has 0 aliphatic carbocycles. The van der Waals surface area contributed by atoms with Gasteiger partial charge >= 0.3 is 0 Å². The van der Waals surface area contributed by atoms with Crippen molar-refractivity contribution in [2.75, 3.05) is 13.1 Å². The van der Waals surface area contributed by atoms with E-state index in [-0.39, 0.29) is 23.1 Å². The minimum absolute atomic E-state index is 0.162. The van der Waals surface area contributed by atoms with Gasteiger partial charge in [0.05, 0.1) is 6.10 Å². The molecule has 0 radical (unpaired) electrons. The largest absolute Gasteiger partial charge is 0.387 e. The Bertz CT molecular complexity index is 733. The summed E-state index contributed by atoms with van der Waals surface area (Å²) in [5.41, 5.74) is 0.0451. The van der Waals surface area contributed by atoms with Crippen molar-refractivity contribution in [2.45, 2.75) is 18.9 Å². The van der Waals surface area contributed by atoms with Crippen molar-refractivity contribution in [3.63, 3.8) is 0 Å². The maximum atomic E-state index is 12.5. The molecule has 1 atom stereocenters. The fourth-order valence-electron chi connectivity index (χ4n) is 2.89. The minimum Gasteiger partial charge on any atom is -0.387 e. The third-order valence-corrected chi connectivity index (χ3v) is 5.23. The highest BCUT2D eigenvalue weighted by Crippen LogP contribution is 2.33. The van der Waals surface area contributed by atoms with Crippen molar-refractivity contribution in [1.29, 1.82) is 0 Å². The molecule has 1 fully saturated rings. The number of amides is 1. The van der Waals surface area contributed by atoms with E-state index in [2.05, 4.69) is 5.10 Å². The molecule has 0 aromatic carbocycles. The molecule has 1 unspecified atom stereocenters. The molecule has 0 spiro atoms. The van der Waals surface area contributed by atoms with E-state index in [4.69, 9.17) is 0 Å². The highest BCUT2D eigenvalue weighted by atomic mass is 32.1. The van der Waals surface area contributed by atoms with E-state index >= 15 is 0 Å². The van der Waals surface area contributed by atoms with E-state index in [1.807, 2.05) is 17.5 Å². The zero-order valence-electron chi connectivity index (χ0n) is 12.9. The molecule has 1 aliphatic rings. The SMILES string of the molecule is Cn1nc(C(=O)N2CCC(C(O)c3cccs3)CC2)ccc1=O. The van der Waals surface area contributed by atoms with Crippen LogP contribution in [0.5, 0.6) is 0 Å². The normalized spacial score (nSPS) is 17.2. The molecule has 0 bridgehead atoms. The Hall–Kier alpha value is -1.99. The van der Waals surface area contributed by atoms with Crippen LogP contribution in [-0.2, 0) is 7.05 Å². The van der Waals surface area contributed by atoms with Gasteiger partial charge in [-0.05, 0) is 36.3 Å². The van der Waals surface area contributed by atoms with Gasteiger partial charge in [0.1, 0.15) is 5.69 Å². The van der Waals surface area contributed by atoms with Gasteiger partial charge in [0.15, 0.2) is 0 Å². The first-order valence-corrected chi connectivity index (χ1v) is 8.49. The van der Waals surface area contributed by atoms with Crippen LogP contribution in [0.4, 0.5) is 0 Å². The molecule has 3 rings (SSSR count). The maximum Gasteiger partial charge on any atom is 0.274 e. The number of likely N-dealkylation sites (tertiary alicyclic amines) is 1. The van der Waals surface area contributed by atoms with Gasteiger partial charge < -0.3 is 10.0 Å². The number of carbonyl (C=O) groups is 1. The van der Waals surface area contributed by atoms with Crippen molar-refractivity contribution in [2.24, 2.45) is 13.0 Å². The van der Waals surface area contributed by atoms with Crippen LogP contribution in [0.2, 0.25) is 0 Å². The van der Waals surface area contributed by atoms with E-state index < -0.39 is 6.10 Å². The molecule has 7 heteroatoms. The molecule has 0 saturated carbocycles. The molecule has 2 aromatic heterocycles. The number of aliphatic hydroxyl groups excluding tert-OH is 1. The lowest BCUT2D eigenvalue weighted by Crippen LogP contribution is -2.40. The number of carbonyl (C=O) groups excluding carboxylic acids is 1. The lowest BCUT2D eigenvalue weighted by molar-refractivity contribution is 0.0468. The summed E-state index contributed by atoms with van der Waals surface area (Å²) in [4.78, 5) is 26.5. The number of thiophene rings is 1. The summed E-state index contributed by atoms with van der Waals surface area (Å²) in [5.74, 6) is 0.00968. The molecule has 23 heavy (non-hydrogen) atoms. The summed E-state index contributed by atoms with van der Waals surface area (Å²) in [6.07, 6.45) is 1.07.